The van der Waals surface area contributed by atoms with Crippen molar-refractivity contribution in [3.05, 3.63) is 54.4 Å². The van der Waals surface area contributed by atoms with Crippen molar-refractivity contribution in [3.8, 4) is 0 Å². The van der Waals surface area contributed by atoms with Gasteiger partial charge in [-0.1, -0.05) is 30.4 Å². The lowest BCUT2D eigenvalue weighted by Gasteiger charge is -2.26. The van der Waals surface area contributed by atoms with Gasteiger partial charge in [-0.15, -0.1) is 0 Å². The first-order valence-electron chi connectivity index (χ1n) is 11.3. The molecule has 0 unspecified atom stereocenters. The summed E-state index contributed by atoms with van der Waals surface area (Å²) in [6.07, 6.45) is 1.79. The SMILES string of the molecule is Nc1ncnc2c1ncn2[C@@H]1O[C@H](CN(C/C=C/c2ccccc2F)CC[C@H](N)C(=O)O)[C@@H](O)[C@H]1O. The number of benzene rings is 1. The van der Waals surface area contributed by atoms with Crippen LogP contribution in [0.3, 0.4) is 0 Å². The monoisotopic (exact) mass is 501 g/mol. The van der Waals surface area contributed by atoms with Crippen LogP contribution in [0.15, 0.2) is 43.0 Å². The van der Waals surface area contributed by atoms with Gasteiger partial charge in [0.1, 0.15) is 42.0 Å². The second-order valence-electron chi connectivity index (χ2n) is 8.55. The number of carbonyl (C=O) groups is 1. The van der Waals surface area contributed by atoms with Crippen molar-refractivity contribution in [1.29, 1.82) is 0 Å². The van der Waals surface area contributed by atoms with Gasteiger partial charge in [0.2, 0.25) is 0 Å². The summed E-state index contributed by atoms with van der Waals surface area (Å²) in [5.41, 5.74) is 12.6. The van der Waals surface area contributed by atoms with Gasteiger partial charge in [0.05, 0.1) is 6.33 Å². The van der Waals surface area contributed by atoms with Crippen molar-refractivity contribution in [2.24, 2.45) is 5.73 Å². The molecular weight excluding hydrogens is 473 g/mol. The van der Waals surface area contributed by atoms with Gasteiger partial charge in [-0.05, 0) is 12.5 Å². The molecule has 12 nitrogen and oxygen atoms in total. The third-order valence-electron chi connectivity index (χ3n) is 6.08. The van der Waals surface area contributed by atoms with E-state index in [-0.39, 0.29) is 31.1 Å². The van der Waals surface area contributed by atoms with Gasteiger partial charge in [-0.3, -0.25) is 14.3 Å². The number of aliphatic hydroxyl groups excluding tert-OH is 2. The molecule has 0 aliphatic carbocycles. The Morgan fingerprint density at radius 3 is 2.78 bits per heavy atom. The third kappa shape index (κ3) is 5.50. The highest BCUT2D eigenvalue weighted by Gasteiger charge is 2.44. The lowest BCUT2D eigenvalue weighted by Crippen LogP contribution is -2.42. The number of hydrogen-bond acceptors (Lipinski definition) is 10. The van der Waals surface area contributed by atoms with E-state index in [9.17, 15) is 19.4 Å². The molecule has 5 atom stereocenters. The Morgan fingerprint density at radius 1 is 1.25 bits per heavy atom. The van der Waals surface area contributed by atoms with Crippen LogP contribution >= 0.6 is 0 Å². The molecule has 13 heteroatoms. The van der Waals surface area contributed by atoms with Gasteiger partial charge in [-0.25, -0.2) is 19.3 Å². The van der Waals surface area contributed by atoms with Crippen LogP contribution < -0.4 is 11.5 Å². The number of halogens is 1. The lowest BCUT2D eigenvalue weighted by atomic mass is 10.1. The Hall–Kier alpha value is -3.49. The molecule has 36 heavy (non-hydrogen) atoms. The van der Waals surface area contributed by atoms with Gasteiger partial charge < -0.3 is 31.5 Å². The minimum Gasteiger partial charge on any atom is -0.480 e. The first-order valence-corrected chi connectivity index (χ1v) is 11.3. The summed E-state index contributed by atoms with van der Waals surface area (Å²) in [7, 11) is 0. The zero-order chi connectivity index (χ0) is 25.8. The smallest absolute Gasteiger partial charge is 0.320 e. The molecule has 1 aliphatic heterocycles. The number of nitrogens with two attached hydrogens (primary N) is 2. The number of aliphatic carboxylic acids is 1. The van der Waals surface area contributed by atoms with Crippen molar-refractivity contribution in [2.45, 2.75) is 37.0 Å². The summed E-state index contributed by atoms with van der Waals surface area (Å²) < 4.78 is 21.4. The Kier molecular flexibility index (Phi) is 7.86. The summed E-state index contributed by atoms with van der Waals surface area (Å²) >= 11 is 0. The fourth-order valence-electron chi connectivity index (χ4n) is 4.06. The third-order valence-corrected chi connectivity index (χ3v) is 6.08. The Morgan fingerprint density at radius 2 is 2.03 bits per heavy atom. The maximum Gasteiger partial charge on any atom is 0.320 e. The highest BCUT2D eigenvalue weighted by atomic mass is 19.1. The standard InChI is InChI=1S/C23H28FN7O5/c24-14-6-2-1-4-13(14)5-3-8-30(9-7-15(25)23(34)35)10-16-18(32)19(33)22(36-16)31-12-29-17-20(26)27-11-28-21(17)31/h1-6,11-12,15-16,18-19,22,32-33H,7-10,25H2,(H,34,35)(H2,26,27,28)/b5-3+/t15-,16+,18+,19+,22+/m0/s1. The molecule has 3 aromatic rings. The van der Waals surface area contributed by atoms with E-state index in [4.69, 9.17) is 21.3 Å². The summed E-state index contributed by atoms with van der Waals surface area (Å²) in [6, 6.07) is 5.23. The van der Waals surface area contributed by atoms with E-state index in [0.29, 0.717) is 23.3 Å². The van der Waals surface area contributed by atoms with Crippen LogP contribution in [0.4, 0.5) is 10.2 Å². The number of hydrogen-bond donors (Lipinski definition) is 5. The number of carboxylic acid groups (broad SMARTS) is 1. The largest absolute Gasteiger partial charge is 0.480 e. The van der Waals surface area contributed by atoms with Crippen molar-refractivity contribution in [3.63, 3.8) is 0 Å². The van der Waals surface area contributed by atoms with Crippen LogP contribution in [0.1, 0.15) is 18.2 Å². The number of fused-ring (bicyclic) bond motifs is 1. The number of rotatable bonds is 10. The summed E-state index contributed by atoms with van der Waals surface area (Å²) in [6.45, 7) is 0.707. The predicted octanol–water partition coefficient (Wildman–Crippen LogP) is -0.0158. The second-order valence-corrected chi connectivity index (χ2v) is 8.55. The van der Waals surface area contributed by atoms with Gasteiger partial charge in [0.15, 0.2) is 17.7 Å². The lowest BCUT2D eigenvalue weighted by molar-refractivity contribution is -0.138. The highest BCUT2D eigenvalue weighted by Crippen LogP contribution is 2.32. The van der Waals surface area contributed by atoms with Gasteiger partial charge >= 0.3 is 5.97 Å². The first-order chi connectivity index (χ1) is 17.3. The molecule has 7 N–H and O–H groups in total. The van der Waals surface area contributed by atoms with Crippen LogP contribution in [0.2, 0.25) is 0 Å². The molecule has 1 aliphatic rings. The highest BCUT2D eigenvalue weighted by molar-refractivity contribution is 5.81. The van der Waals surface area contributed by atoms with Crippen LogP contribution in [0, 0.1) is 5.82 Å². The average Bonchev–Trinajstić information content (AvgIpc) is 3.40. The van der Waals surface area contributed by atoms with Gasteiger partial charge in [0.25, 0.3) is 0 Å². The molecule has 1 aromatic carbocycles. The van der Waals surface area contributed by atoms with E-state index in [1.54, 1.807) is 30.4 Å². The van der Waals surface area contributed by atoms with E-state index in [0.717, 1.165) is 0 Å². The number of imidazole rings is 1. The van der Waals surface area contributed by atoms with Crippen molar-refractivity contribution >= 4 is 29.0 Å². The summed E-state index contributed by atoms with van der Waals surface area (Å²) in [5, 5.41) is 30.6. The number of aromatic nitrogens is 4. The molecule has 0 bridgehead atoms. The van der Waals surface area contributed by atoms with E-state index < -0.39 is 36.6 Å². The molecule has 1 saturated heterocycles. The Balaban J connectivity index is 1.49. The molecule has 1 fully saturated rings. The van der Waals surface area contributed by atoms with Crippen LogP contribution in [0.25, 0.3) is 17.2 Å². The number of carboxylic acids is 1. The molecule has 2 aromatic heterocycles. The van der Waals surface area contributed by atoms with E-state index in [1.165, 1.54) is 23.3 Å². The number of nitrogen functional groups attached to an aromatic ring is 1. The van der Waals surface area contributed by atoms with E-state index in [2.05, 4.69) is 15.0 Å². The van der Waals surface area contributed by atoms with Crippen LogP contribution in [-0.2, 0) is 9.53 Å². The number of nitrogens with zero attached hydrogens (tertiary/aromatic N) is 5. The molecule has 0 radical (unpaired) electrons. The zero-order valence-corrected chi connectivity index (χ0v) is 19.3. The van der Waals surface area contributed by atoms with Gasteiger partial charge in [0, 0.05) is 25.2 Å². The average molecular weight is 502 g/mol. The summed E-state index contributed by atoms with van der Waals surface area (Å²) in [5.74, 6) is -1.32. The second kappa shape index (κ2) is 11.1. The minimum atomic E-state index is -1.29. The maximum atomic E-state index is 13.9. The van der Waals surface area contributed by atoms with Crippen molar-refractivity contribution in [1.82, 2.24) is 24.4 Å². The predicted molar refractivity (Wildman–Crippen MR) is 128 cm³/mol. The normalized spacial score (nSPS) is 23.1. The fraction of sp³-hybridized carbons (Fsp3) is 0.391. The molecular formula is C23H28FN7O5. The van der Waals surface area contributed by atoms with E-state index >= 15 is 0 Å². The molecule has 192 valence electrons. The fourth-order valence-corrected chi connectivity index (χ4v) is 4.06. The van der Waals surface area contributed by atoms with Crippen LogP contribution in [-0.4, -0.2) is 89.7 Å². The molecule has 4 rings (SSSR count). The Labute approximate surface area is 205 Å². The zero-order valence-electron chi connectivity index (χ0n) is 19.3. The van der Waals surface area contributed by atoms with Gasteiger partial charge in [-0.2, -0.15) is 0 Å². The molecule has 0 spiro atoms. The Bertz CT molecular complexity index is 1240. The molecule has 0 amide bonds. The number of anilines is 1. The maximum absolute atomic E-state index is 13.9. The van der Waals surface area contributed by atoms with E-state index in [1.807, 2.05) is 4.90 Å². The quantitative estimate of drug-likeness (QED) is 0.251. The topological polar surface area (TPSA) is 186 Å². The number of ether oxygens (including phenoxy) is 1. The minimum absolute atomic E-state index is 0.139. The van der Waals surface area contributed by atoms with Crippen molar-refractivity contribution in [2.75, 3.05) is 25.4 Å². The summed E-state index contributed by atoms with van der Waals surface area (Å²) in [4.78, 5) is 25.2. The molecule has 0 saturated carbocycles. The van der Waals surface area contributed by atoms with Crippen molar-refractivity contribution < 1.29 is 29.2 Å². The van der Waals surface area contributed by atoms with Crippen LogP contribution in [0.5, 0.6) is 0 Å². The first kappa shape index (κ1) is 25.6. The number of aliphatic hydroxyl groups is 2. The molecule has 3 heterocycles.